The Morgan fingerprint density at radius 3 is 2.33 bits per heavy atom. The number of aryl methyl sites for hydroxylation is 1. The summed E-state index contributed by atoms with van der Waals surface area (Å²) in [6.45, 7) is 2.72. The van der Waals surface area contributed by atoms with Gasteiger partial charge in [0.05, 0.1) is 11.6 Å². The average Bonchev–Trinajstić information content (AvgIpc) is 2.50. The molecule has 0 unspecified atom stereocenters. The van der Waals surface area contributed by atoms with Crippen LogP contribution in [0.5, 0.6) is 0 Å². The number of nitrogens with zero attached hydrogens (tertiary/aromatic N) is 4. The standard InChI is InChI=1S/C10H18N4S/c1-8-11-6-9(15-8)7-12-10(13(2)3)14(4)5/h6H,7H2,1-5H3. The summed E-state index contributed by atoms with van der Waals surface area (Å²) >= 11 is 1.70. The summed E-state index contributed by atoms with van der Waals surface area (Å²) in [5.41, 5.74) is 0. The number of aliphatic imine (C=N–C) groups is 1. The van der Waals surface area contributed by atoms with E-state index in [1.54, 1.807) is 11.3 Å². The van der Waals surface area contributed by atoms with E-state index in [0.29, 0.717) is 6.54 Å². The van der Waals surface area contributed by atoms with Crippen LogP contribution >= 0.6 is 11.3 Å². The summed E-state index contributed by atoms with van der Waals surface area (Å²) in [5, 5.41) is 1.09. The lowest BCUT2D eigenvalue weighted by molar-refractivity contribution is 0.479. The first-order chi connectivity index (χ1) is 7.00. The van der Waals surface area contributed by atoms with Crippen molar-refractivity contribution < 1.29 is 0 Å². The van der Waals surface area contributed by atoms with Crippen LogP contribution in [0.25, 0.3) is 0 Å². The highest BCUT2D eigenvalue weighted by Gasteiger charge is 2.04. The van der Waals surface area contributed by atoms with Crippen LogP contribution in [0.15, 0.2) is 11.2 Å². The van der Waals surface area contributed by atoms with Crippen molar-refractivity contribution in [2.45, 2.75) is 13.5 Å². The number of hydrogen-bond donors (Lipinski definition) is 0. The van der Waals surface area contributed by atoms with Crippen molar-refractivity contribution in [3.05, 3.63) is 16.1 Å². The summed E-state index contributed by atoms with van der Waals surface area (Å²) < 4.78 is 0. The molecule has 0 bridgehead atoms. The van der Waals surface area contributed by atoms with E-state index in [-0.39, 0.29) is 0 Å². The summed E-state index contributed by atoms with van der Waals surface area (Å²) in [5.74, 6) is 0.973. The smallest absolute Gasteiger partial charge is 0.195 e. The Kier molecular flexibility index (Phi) is 4.08. The van der Waals surface area contributed by atoms with Crippen LogP contribution in [0.2, 0.25) is 0 Å². The van der Waals surface area contributed by atoms with E-state index in [1.807, 2.05) is 51.1 Å². The second-order valence-electron chi connectivity index (χ2n) is 3.75. The lowest BCUT2D eigenvalue weighted by Crippen LogP contribution is -2.35. The fourth-order valence-corrected chi connectivity index (χ4v) is 2.03. The van der Waals surface area contributed by atoms with Crippen LogP contribution in [0.1, 0.15) is 9.88 Å². The van der Waals surface area contributed by atoms with Gasteiger partial charge in [0.2, 0.25) is 0 Å². The van der Waals surface area contributed by atoms with Gasteiger partial charge in [0.15, 0.2) is 5.96 Å². The van der Waals surface area contributed by atoms with Crippen molar-refractivity contribution in [3.63, 3.8) is 0 Å². The van der Waals surface area contributed by atoms with Crippen LogP contribution in [-0.4, -0.2) is 48.9 Å². The molecule has 1 aromatic rings. The molecule has 1 rings (SSSR count). The molecule has 0 N–H and O–H groups in total. The van der Waals surface area contributed by atoms with Gasteiger partial charge in [-0.2, -0.15) is 0 Å². The average molecular weight is 226 g/mol. The number of aromatic nitrogens is 1. The second-order valence-corrected chi connectivity index (χ2v) is 5.07. The van der Waals surface area contributed by atoms with Crippen LogP contribution in [0.3, 0.4) is 0 Å². The van der Waals surface area contributed by atoms with E-state index in [0.717, 1.165) is 11.0 Å². The van der Waals surface area contributed by atoms with E-state index >= 15 is 0 Å². The van der Waals surface area contributed by atoms with Crippen molar-refractivity contribution >= 4 is 17.3 Å². The zero-order valence-corrected chi connectivity index (χ0v) is 10.8. The van der Waals surface area contributed by atoms with E-state index in [1.165, 1.54) is 4.88 Å². The lowest BCUT2D eigenvalue weighted by atomic mass is 10.5. The molecule has 0 aliphatic rings. The Morgan fingerprint density at radius 2 is 1.93 bits per heavy atom. The number of guanidine groups is 1. The lowest BCUT2D eigenvalue weighted by Gasteiger charge is -2.22. The molecule has 1 aromatic heterocycles. The first kappa shape index (κ1) is 12.0. The Hall–Kier alpha value is -1.10. The summed E-state index contributed by atoms with van der Waals surface area (Å²) in [6, 6.07) is 0. The highest BCUT2D eigenvalue weighted by Crippen LogP contribution is 2.12. The van der Waals surface area contributed by atoms with Crippen LogP contribution in [0, 0.1) is 6.92 Å². The van der Waals surface area contributed by atoms with Crippen molar-refractivity contribution in [3.8, 4) is 0 Å². The molecule has 0 saturated carbocycles. The fourth-order valence-electron chi connectivity index (χ4n) is 1.31. The van der Waals surface area contributed by atoms with Gasteiger partial charge < -0.3 is 9.80 Å². The highest BCUT2D eigenvalue weighted by atomic mass is 32.1. The predicted octanol–water partition coefficient (Wildman–Crippen LogP) is 1.43. The topological polar surface area (TPSA) is 31.7 Å². The molecule has 0 radical (unpaired) electrons. The van der Waals surface area contributed by atoms with E-state index in [2.05, 4.69) is 9.98 Å². The molecule has 5 heteroatoms. The molecule has 0 aliphatic heterocycles. The quantitative estimate of drug-likeness (QED) is 0.565. The van der Waals surface area contributed by atoms with E-state index in [4.69, 9.17) is 0 Å². The number of thiazole rings is 1. The summed E-state index contributed by atoms with van der Waals surface area (Å²) in [6.07, 6.45) is 1.90. The first-order valence-corrected chi connectivity index (χ1v) is 5.62. The van der Waals surface area contributed by atoms with Gasteiger partial charge in [0, 0.05) is 39.3 Å². The normalized spacial score (nSPS) is 9.93. The highest BCUT2D eigenvalue weighted by molar-refractivity contribution is 7.11. The zero-order chi connectivity index (χ0) is 11.4. The Bertz CT molecular complexity index is 331. The molecular formula is C10H18N4S. The maximum Gasteiger partial charge on any atom is 0.195 e. The monoisotopic (exact) mass is 226 g/mol. The molecule has 0 amide bonds. The Labute approximate surface area is 95.3 Å². The molecule has 0 fully saturated rings. The molecule has 0 atom stereocenters. The van der Waals surface area contributed by atoms with Gasteiger partial charge >= 0.3 is 0 Å². The minimum Gasteiger partial charge on any atom is -0.349 e. The third-order valence-corrected chi connectivity index (χ3v) is 2.74. The molecule has 0 aliphatic carbocycles. The zero-order valence-electron chi connectivity index (χ0n) is 9.98. The van der Waals surface area contributed by atoms with Crippen molar-refractivity contribution in [1.29, 1.82) is 0 Å². The van der Waals surface area contributed by atoms with E-state index in [9.17, 15) is 0 Å². The third-order valence-electron chi connectivity index (χ3n) is 1.85. The van der Waals surface area contributed by atoms with Crippen molar-refractivity contribution in [2.75, 3.05) is 28.2 Å². The van der Waals surface area contributed by atoms with Gasteiger partial charge in [0.1, 0.15) is 0 Å². The predicted molar refractivity (Wildman–Crippen MR) is 65.4 cm³/mol. The Morgan fingerprint density at radius 1 is 1.33 bits per heavy atom. The molecular weight excluding hydrogens is 208 g/mol. The number of hydrogen-bond acceptors (Lipinski definition) is 3. The van der Waals surface area contributed by atoms with Gasteiger partial charge in [-0.1, -0.05) is 0 Å². The molecule has 84 valence electrons. The van der Waals surface area contributed by atoms with Crippen LogP contribution in [0.4, 0.5) is 0 Å². The van der Waals surface area contributed by atoms with Crippen molar-refractivity contribution in [2.24, 2.45) is 4.99 Å². The number of rotatable bonds is 2. The third kappa shape index (κ3) is 3.51. The minimum absolute atomic E-state index is 0.706. The molecule has 0 saturated heterocycles. The molecule has 1 heterocycles. The van der Waals surface area contributed by atoms with Gasteiger partial charge in [-0.05, 0) is 6.92 Å². The van der Waals surface area contributed by atoms with Gasteiger partial charge in [-0.3, -0.25) is 0 Å². The van der Waals surface area contributed by atoms with Gasteiger partial charge in [0.25, 0.3) is 0 Å². The summed E-state index contributed by atoms with van der Waals surface area (Å²) in [4.78, 5) is 14.0. The van der Waals surface area contributed by atoms with Gasteiger partial charge in [-0.15, -0.1) is 11.3 Å². The second kappa shape index (κ2) is 5.11. The summed E-state index contributed by atoms with van der Waals surface area (Å²) in [7, 11) is 7.99. The van der Waals surface area contributed by atoms with E-state index < -0.39 is 0 Å². The van der Waals surface area contributed by atoms with Crippen molar-refractivity contribution in [1.82, 2.24) is 14.8 Å². The fraction of sp³-hybridized carbons (Fsp3) is 0.600. The maximum absolute atomic E-state index is 4.55. The minimum atomic E-state index is 0.706. The van der Waals surface area contributed by atoms with Gasteiger partial charge in [-0.25, -0.2) is 9.98 Å². The largest absolute Gasteiger partial charge is 0.349 e. The molecule has 0 spiro atoms. The maximum atomic E-state index is 4.55. The van der Waals surface area contributed by atoms with Crippen LogP contribution < -0.4 is 0 Å². The molecule has 4 nitrogen and oxygen atoms in total. The first-order valence-electron chi connectivity index (χ1n) is 4.81. The molecule has 0 aromatic carbocycles. The molecule has 15 heavy (non-hydrogen) atoms. The SMILES string of the molecule is Cc1ncc(CN=C(N(C)C)N(C)C)s1. The Balaban J connectivity index is 2.69. The van der Waals surface area contributed by atoms with Crippen LogP contribution in [-0.2, 0) is 6.54 Å².